The minimum Gasteiger partial charge on any atom is -0.466 e. The standard InChI is InChI=1S/C19H37NO3/c1-2-3-4-5-6-7-8-9-10-11-12-13-17-23-19(22)16-14-15-18(20)21/h2-17H2,1H3,(H2,20,21). The van der Waals surface area contributed by atoms with Crippen molar-refractivity contribution in [1.82, 2.24) is 0 Å². The lowest BCUT2D eigenvalue weighted by Crippen LogP contribution is -2.12. The molecule has 0 aliphatic rings. The molecule has 0 unspecified atom stereocenters. The Kier molecular flexibility index (Phi) is 16.5. The Labute approximate surface area is 142 Å². The summed E-state index contributed by atoms with van der Waals surface area (Å²) in [6, 6.07) is 0. The monoisotopic (exact) mass is 327 g/mol. The van der Waals surface area contributed by atoms with Crippen molar-refractivity contribution in [3.63, 3.8) is 0 Å². The molecule has 0 aliphatic carbocycles. The van der Waals surface area contributed by atoms with Gasteiger partial charge in [0.15, 0.2) is 0 Å². The van der Waals surface area contributed by atoms with Crippen molar-refractivity contribution < 1.29 is 14.3 Å². The molecule has 0 rings (SSSR count). The Morgan fingerprint density at radius 3 is 1.65 bits per heavy atom. The molecule has 1 amide bonds. The average Bonchev–Trinajstić information content (AvgIpc) is 2.51. The van der Waals surface area contributed by atoms with E-state index in [1.165, 1.54) is 64.2 Å². The van der Waals surface area contributed by atoms with Crippen molar-refractivity contribution in [2.45, 2.75) is 103 Å². The summed E-state index contributed by atoms with van der Waals surface area (Å²) < 4.78 is 5.12. The Morgan fingerprint density at radius 1 is 0.696 bits per heavy atom. The fourth-order valence-corrected chi connectivity index (χ4v) is 2.61. The summed E-state index contributed by atoms with van der Waals surface area (Å²) in [5.41, 5.74) is 5.01. The number of hydrogen-bond acceptors (Lipinski definition) is 3. The number of hydrogen-bond donors (Lipinski definition) is 1. The van der Waals surface area contributed by atoms with Gasteiger partial charge in [-0.05, 0) is 12.8 Å². The van der Waals surface area contributed by atoms with Gasteiger partial charge in [-0.25, -0.2) is 0 Å². The molecule has 0 bridgehead atoms. The van der Waals surface area contributed by atoms with Crippen LogP contribution >= 0.6 is 0 Å². The van der Waals surface area contributed by atoms with E-state index in [1.807, 2.05) is 0 Å². The number of carbonyl (C=O) groups excluding carboxylic acids is 2. The van der Waals surface area contributed by atoms with Gasteiger partial charge in [-0.15, -0.1) is 0 Å². The van der Waals surface area contributed by atoms with Gasteiger partial charge in [0.25, 0.3) is 0 Å². The van der Waals surface area contributed by atoms with E-state index in [9.17, 15) is 9.59 Å². The molecule has 0 saturated carbocycles. The zero-order chi connectivity index (χ0) is 17.2. The summed E-state index contributed by atoms with van der Waals surface area (Å²) >= 11 is 0. The molecular weight excluding hydrogens is 290 g/mol. The van der Waals surface area contributed by atoms with Crippen molar-refractivity contribution in [3.05, 3.63) is 0 Å². The predicted molar refractivity (Wildman–Crippen MR) is 95.1 cm³/mol. The van der Waals surface area contributed by atoms with Crippen molar-refractivity contribution >= 4 is 11.9 Å². The first kappa shape index (κ1) is 21.9. The van der Waals surface area contributed by atoms with Gasteiger partial charge in [0.2, 0.25) is 5.91 Å². The normalized spacial score (nSPS) is 10.7. The molecule has 0 atom stereocenters. The second-order valence-electron chi connectivity index (χ2n) is 6.43. The van der Waals surface area contributed by atoms with Crippen molar-refractivity contribution in [2.75, 3.05) is 6.61 Å². The zero-order valence-corrected chi connectivity index (χ0v) is 15.1. The number of carbonyl (C=O) groups is 2. The van der Waals surface area contributed by atoms with Crippen LogP contribution in [0.2, 0.25) is 0 Å². The van der Waals surface area contributed by atoms with Crippen LogP contribution in [0.15, 0.2) is 0 Å². The minimum absolute atomic E-state index is 0.214. The van der Waals surface area contributed by atoms with Crippen molar-refractivity contribution in [2.24, 2.45) is 5.73 Å². The molecule has 0 aromatic carbocycles. The fourth-order valence-electron chi connectivity index (χ4n) is 2.61. The third-order valence-electron chi connectivity index (χ3n) is 4.07. The van der Waals surface area contributed by atoms with Crippen molar-refractivity contribution in [1.29, 1.82) is 0 Å². The maximum atomic E-state index is 11.4. The first-order valence-corrected chi connectivity index (χ1v) is 9.60. The maximum absolute atomic E-state index is 11.4. The lowest BCUT2D eigenvalue weighted by atomic mass is 10.1. The molecular formula is C19H37NO3. The molecule has 136 valence electrons. The zero-order valence-electron chi connectivity index (χ0n) is 15.1. The van der Waals surface area contributed by atoms with E-state index in [-0.39, 0.29) is 18.3 Å². The van der Waals surface area contributed by atoms with Crippen LogP contribution in [0.4, 0.5) is 0 Å². The molecule has 0 saturated heterocycles. The average molecular weight is 328 g/mol. The molecule has 4 nitrogen and oxygen atoms in total. The van der Waals surface area contributed by atoms with Gasteiger partial charge in [0.1, 0.15) is 0 Å². The summed E-state index contributed by atoms with van der Waals surface area (Å²) in [5, 5.41) is 0. The summed E-state index contributed by atoms with van der Waals surface area (Å²) in [7, 11) is 0. The third kappa shape index (κ3) is 18.9. The molecule has 0 aliphatic heterocycles. The van der Waals surface area contributed by atoms with E-state index in [1.54, 1.807) is 0 Å². The Bertz CT molecular complexity index is 292. The molecule has 2 N–H and O–H groups in total. The number of primary amides is 1. The number of amides is 1. The van der Waals surface area contributed by atoms with Gasteiger partial charge in [-0.3, -0.25) is 9.59 Å². The second-order valence-corrected chi connectivity index (χ2v) is 6.43. The highest BCUT2D eigenvalue weighted by Gasteiger charge is 2.03. The van der Waals surface area contributed by atoms with Crippen LogP contribution in [-0.4, -0.2) is 18.5 Å². The molecule has 0 aromatic rings. The highest BCUT2D eigenvalue weighted by Crippen LogP contribution is 2.12. The van der Waals surface area contributed by atoms with Gasteiger partial charge in [-0.2, -0.15) is 0 Å². The lowest BCUT2D eigenvalue weighted by molar-refractivity contribution is -0.143. The van der Waals surface area contributed by atoms with Crippen LogP contribution in [0.25, 0.3) is 0 Å². The van der Waals surface area contributed by atoms with Crippen LogP contribution in [0.5, 0.6) is 0 Å². The van der Waals surface area contributed by atoms with E-state index in [0.29, 0.717) is 19.4 Å². The Hall–Kier alpha value is -1.06. The van der Waals surface area contributed by atoms with Crippen LogP contribution in [0.3, 0.4) is 0 Å². The molecule has 0 fully saturated rings. The highest BCUT2D eigenvalue weighted by atomic mass is 16.5. The predicted octanol–water partition coefficient (Wildman–Crippen LogP) is 4.89. The molecule has 0 heterocycles. The molecule has 23 heavy (non-hydrogen) atoms. The molecule has 0 spiro atoms. The fraction of sp³-hybridized carbons (Fsp3) is 0.895. The van der Waals surface area contributed by atoms with E-state index in [4.69, 9.17) is 10.5 Å². The van der Waals surface area contributed by atoms with E-state index in [0.717, 1.165) is 12.8 Å². The molecule has 0 radical (unpaired) electrons. The lowest BCUT2D eigenvalue weighted by Gasteiger charge is -2.05. The van der Waals surface area contributed by atoms with Gasteiger partial charge < -0.3 is 10.5 Å². The van der Waals surface area contributed by atoms with Crippen LogP contribution in [0, 0.1) is 0 Å². The van der Waals surface area contributed by atoms with E-state index in [2.05, 4.69) is 6.92 Å². The maximum Gasteiger partial charge on any atom is 0.305 e. The van der Waals surface area contributed by atoms with Crippen LogP contribution in [-0.2, 0) is 14.3 Å². The van der Waals surface area contributed by atoms with E-state index < -0.39 is 0 Å². The Balaban J connectivity index is 3.12. The summed E-state index contributed by atoms with van der Waals surface area (Å²) in [5.74, 6) is -0.576. The van der Waals surface area contributed by atoms with Gasteiger partial charge >= 0.3 is 5.97 Å². The summed E-state index contributed by atoms with van der Waals surface area (Å²) in [6.07, 6.45) is 16.6. The largest absolute Gasteiger partial charge is 0.466 e. The Morgan fingerprint density at radius 2 is 1.17 bits per heavy atom. The van der Waals surface area contributed by atoms with Gasteiger partial charge in [-0.1, -0.05) is 77.6 Å². The number of rotatable bonds is 17. The first-order valence-electron chi connectivity index (χ1n) is 9.60. The smallest absolute Gasteiger partial charge is 0.305 e. The highest BCUT2D eigenvalue weighted by molar-refractivity contribution is 5.75. The SMILES string of the molecule is CCCCCCCCCCCCCCOC(=O)CCCC(N)=O. The number of esters is 1. The first-order chi connectivity index (χ1) is 11.2. The van der Waals surface area contributed by atoms with Crippen LogP contribution < -0.4 is 5.73 Å². The van der Waals surface area contributed by atoms with Gasteiger partial charge in [0.05, 0.1) is 6.61 Å². The summed E-state index contributed by atoms with van der Waals surface area (Å²) in [4.78, 5) is 21.9. The third-order valence-corrected chi connectivity index (χ3v) is 4.07. The second kappa shape index (κ2) is 17.3. The van der Waals surface area contributed by atoms with Gasteiger partial charge in [0, 0.05) is 12.8 Å². The van der Waals surface area contributed by atoms with Crippen LogP contribution in [0.1, 0.15) is 103 Å². The minimum atomic E-state index is -0.362. The van der Waals surface area contributed by atoms with E-state index >= 15 is 0 Å². The quantitative estimate of drug-likeness (QED) is 0.305. The topological polar surface area (TPSA) is 69.4 Å². The summed E-state index contributed by atoms with van der Waals surface area (Å²) in [6.45, 7) is 2.76. The number of ether oxygens (including phenoxy) is 1. The number of unbranched alkanes of at least 4 members (excludes halogenated alkanes) is 11. The molecule has 0 aromatic heterocycles. The van der Waals surface area contributed by atoms with Crippen molar-refractivity contribution in [3.8, 4) is 0 Å². The number of nitrogens with two attached hydrogens (primary N) is 1. The molecule has 4 heteroatoms.